The average molecular weight is 248 g/mol. The third kappa shape index (κ3) is 4.71. The predicted octanol–water partition coefficient (Wildman–Crippen LogP) is 2.99. The zero-order valence-electron chi connectivity index (χ0n) is 11.9. The van der Waals surface area contributed by atoms with Crippen molar-refractivity contribution in [3.05, 3.63) is 0 Å². The van der Waals surface area contributed by atoms with Crippen LogP contribution in [0.25, 0.3) is 0 Å². The largest absolute Gasteiger partial charge is 0.373 e. The van der Waals surface area contributed by atoms with Crippen LogP contribution in [0.15, 0.2) is 0 Å². The molecule has 0 aromatic carbocycles. The first-order valence-corrected chi connectivity index (χ1v) is 6.59. The van der Waals surface area contributed by atoms with Crippen molar-refractivity contribution in [1.29, 1.82) is 0 Å². The van der Waals surface area contributed by atoms with Crippen LogP contribution in [0.2, 0.25) is 0 Å². The van der Waals surface area contributed by atoms with Crippen molar-refractivity contribution in [2.24, 2.45) is 11.3 Å². The van der Waals surface area contributed by atoms with Gasteiger partial charge in [0.2, 0.25) is 0 Å². The molecule has 0 saturated heterocycles. The van der Waals surface area contributed by atoms with Crippen LogP contribution in [-0.2, 0) is 4.74 Å². The highest BCUT2D eigenvalue weighted by molar-refractivity contribution is 7.22. The quantitative estimate of drug-likeness (QED) is 0.518. The van der Waals surface area contributed by atoms with Crippen LogP contribution in [0.4, 0.5) is 4.39 Å². The molecule has 0 amide bonds. The van der Waals surface area contributed by atoms with Crippen molar-refractivity contribution >= 4 is 17.1 Å². The Morgan fingerprint density at radius 2 is 1.69 bits per heavy atom. The van der Waals surface area contributed by atoms with Gasteiger partial charge in [0.25, 0.3) is 0 Å². The van der Waals surface area contributed by atoms with Gasteiger partial charge in [0.1, 0.15) is 5.31 Å². The average Bonchev–Trinajstić information content (AvgIpc) is 2.00. The van der Waals surface area contributed by atoms with E-state index in [2.05, 4.69) is 36.9 Å². The third-order valence-corrected chi connectivity index (χ3v) is 4.64. The van der Waals surface area contributed by atoms with E-state index in [1.807, 2.05) is 0 Å². The molecule has 2 atom stereocenters. The molecule has 96 valence electrons. The van der Waals surface area contributed by atoms with Gasteiger partial charge in [-0.25, -0.2) is 4.39 Å². The van der Waals surface area contributed by atoms with Crippen LogP contribution in [0.1, 0.15) is 48.0 Å². The normalized spacial score (nSPS) is 17.6. The lowest BCUT2D eigenvalue weighted by atomic mass is 9.78. The first kappa shape index (κ1) is 16.4. The molecule has 0 N–H and O–H groups in total. The maximum absolute atomic E-state index is 13.8. The smallest absolute Gasteiger partial charge is 0.159 e. The number of hydrogen-bond donors (Lipinski definition) is 0. The summed E-state index contributed by atoms with van der Waals surface area (Å²) < 4.78 is 19.5. The van der Waals surface area contributed by atoms with E-state index in [1.54, 1.807) is 13.8 Å². The lowest BCUT2D eigenvalue weighted by molar-refractivity contribution is -0.0689. The minimum absolute atomic E-state index is 0.240. The van der Waals surface area contributed by atoms with Crippen molar-refractivity contribution in [3.8, 4) is 0 Å². The highest BCUT2D eigenvalue weighted by Crippen LogP contribution is 2.35. The van der Waals surface area contributed by atoms with E-state index in [4.69, 9.17) is 4.74 Å². The Morgan fingerprint density at radius 1 is 1.25 bits per heavy atom. The maximum atomic E-state index is 13.8. The Kier molecular flexibility index (Phi) is 5.48. The minimum atomic E-state index is -1.39. The second-order valence-electron chi connectivity index (χ2n) is 6.33. The zero-order valence-corrected chi connectivity index (χ0v) is 13.0. The molecule has 0 aliphatic heterocycles. The Morgan fingerprint density at radius 3 is 2.00 bits per heavy atom. The van der Waals surface area contributed by atoms with Crippen molar-refractivity contribution in [2.75, 3.05) is 6.61 Å². The molecule has 0 bridgehead atoms. The summed E-state index contributed by atoms with van der Waals surface area (Å²) in [6, 6.07) is 0. The van der Waals surface area contributed by atoms with Gasteiger partial charge < -0.3 is 4.74 Å². The predicted molar refractivity (Wildman–Crippen MR) is 75.4 cm³/mol. The zero-order chi connectivity index (χ0) is 13.2. The van der Waals surface area contributed by atoms with Gasteiger partial charge >= 0.3 is 0 Å². The van der Waals surface area contributed by atoms with E-state index in [9.17, 15) is 4.39 Å². The fourth-order valence-electron chi connectivity index (χ4n) is 0.999. The fraction of sp³-hybridized carbons (Fsp3) is 1.00. The molecule has 0 aromatic rings. The molecule has 0 spiro atoms. The Hall–Kier alpha value is 0.385. The molecule has 0 saturated carbocycles. The van der Waals surface area contributed by atoms with Gasteiger partial charge in [0.15, 0.2) is 7.85 Å². The molecule has 2 unspecified atom stereocenters. The number of hydrogen-bond acceptors (Lipinski definition) is 1. The van der Waals surface area contributed by atoms with E-state index in [0.29, 0.717) is 12.5 Å². The second-order valence-corrected chi connectivity index (χ2v) is 7.41. The first-order valence-electron chi connectivity index (χ1n) is 6.02. The monoisotopic (exact) mass is 248 g/mol. The summed E-state index contributed by atoms with van der Waals surface area (Å²) in [5, 5.41) is -1.39. The van der Waals surface area contributed by atoms with Gasteiger partial charge in [-0.1, -0.05) is 27.7 Å². The molecule has 0 fully saturated rings. The van der Waals surface area contributed by atoms with E-state index in [0.717, 1.165) is 6.42 Å². The maximum Gasteiger partial charge on any atom is 0.159 e. The number of rotatable bonds is 6. The lowest BCUT2D eigenvalue weighted by Gasteiger charge is -2.37. The van der Waals surface area contributed by atoms with Crippen LogP contribution in [-0.4, -0.2) is 25.4 Å². The van der Waals surface area contributed by atoms with Crippen LogP contribution < -0.4 is 0 Å². The van der Waals surface area contributed by atoms with Crippen LogP contribution >= 0.6 is 9.24 Å². The molecule has 0 radical (unpaired) electrons. The molecule has 0 heterocycles. The van der Waals surface area contributed by atoms with E-state index >= 15 is 0 Å². The van der Waals surface area contributed by atoms with Crippen molar-refractivity contribution < 1.29 is 9.13 Å². The molecule has 0 aromatic heterocycles. The summed E-state index contributed by atoms with van der Waals surface area (Å²) in [5.41, 5.74) is -0.519. The second kappa shape index (κ2) is 5.35. The van der Waals surface area contributed by atoms with Gasteiger partial charge in [-0.05, 0) is 31.6 Å². The van der Waals surface area contributed by atoms with Crippen molar-refractivity contribution in [2.45, 2.75) is 58.9 Å². The summed E-state index contributed by atoms with van der Waals surface area (Å²) in [6.45, 7) is 13.1. The van der Waals surface area contributed by atoms with Gasteiger partial charge in [0.05, 0.1) is 5.60 Å². The lowest BCUT2D eigenvalue weighted by Crippen LogP contribution is -2.45. The van der Waals surface area contributed by atoms with Crippen LogP contribution in [0.3, 0.4) is 0 Å². The van der Waals surface area contributed by atoms with E-state index in [1.165, 1.54) is 7.85 Å². The molecular formula is C12H27BFOP. The van der Waals surface area contributed by atoms with Gasteiger partial charge in [-0.15, -0.1) is 9.24 Å². The van der Waals surface area contributed by atoms with Gasteiger partial charge in [-0.2, -0.15) is 0 Å². The molecular weight excluding hydrogens is 221 g/mol. The Bertz CT molecular complexity index is 222. The fourth-order valence-corrected chi connectivity index (χ4v) is 1.08. The highest BCUT2D eigenvalue weighted by atomic mass is 31.0. The van der Waals surface area contributed by atoms with Crippen LogP contribution in [0.5, 0.6) is 0 Å². The molecule has 16 heavy (non-hydrogen) atoms. The SMILES string of the molecule is BC(F)(P)C(C)(C)OCCC(C)(C)C(C)C. The minimum Gasteiger partial charge on any atom is -0.373 e. The third-order valence-electron chi connectivity index (χ3n) is 3.95. The summed E-state index contributed by atoms with van der Waals surface area (Å²) in [4.78, 5) is 0. The molecule has 0 aliphatic rings. The van der Waals surface area contributed by atoms with E-state index in [-0.39, 0.29) is 5.41 Å². The summed E-state index contributed by atoms with van der Waals surface area (Å²) >= 11 is 0. The molecule has 0 rings (SSSR count). The Labute approximate surface area is 104 Å². The first-order chi connectivity index (χ1) is 6.90. The molecule has 0 aliphatic carbocycles. The number of alkyl halides is 1. The standard InChI is InChI=1S/C12H27BFOP/c1-9(2)10(3,4)7-8-15-11(5,6)12(13,14)16/h9H,7-8,13,16H2,1-6H3. The highest BCUT2D eigenvalue weighted by Gasteiger charge is 2.38. The summed E-state index contributed by atoms with van der Waals surface area (Å²) in [5.74, 6) is 0.604. The van der Waals surface area contributed by atoms with Gasteiger partial charge in [-0.3, -0.25) is 0 Å². The topological polar surface area (TPSA) is 9.23 Å². The van der Waals surface area contributed by atoms with E-state index < -0.39 is 10.9 Å². The van der Waals surface area contributed by atoms with Crippen molar-refractivity contribution in [1.82, 2.24) is 0 Å². The number of ether oxygens (including phenoxy) is 1. The number of halogens is 1. The molecule has 1 nitrogen and oxygen atoms in total. The van der Waals surface area contributed by atoms with Gasteiger partial charge in [0, 0.05) is 6.61 Å². The summed E-state index contributed by atoms with van der Waals surface area (Å²) in [7, 11) is 3.75. The molecule has 4 heteroatoms. The van der Waals surface area contributed by atoms with Crippen LogP contribution in [0, 0.1) is 11.3 Å². The summed E-state index contributed by atoms with van der Waals surface area (Å²) in [6.07, 6.45) is 0.953. The van der Waals surface area contributed by atoms with Crippen molar-refractivity contribution in [3.63, 3.8) is 0 Å². The Balaban J connectivity index is 4.19.